The van der Waals surface area contributed by atoms with Crippen LogP contribution in [-0.4, -0.2) is 24.8 Å². The first kappa shape index (κ1) is 16.6. The summed E-state index contributed by atoms with van der Waals surface area (Å²) in [4.78, 5) is 8.24. The molecule has 0 fully saturated rings. The molecule has 4 heteroatoms. The Bertz CT molecular complexity index is 66.0. The third-order valence-electron chi connectivity index (χ3n) is 0.380. The Kier molecular flexibility index (Phi) is 38.1. The van der Waals surface area contributed by atoms with Gasteiger partial charge in [-0.1, -0.05) is 12.5 Å². The maximum absolute atomic E-state index is 8.24. The van der Waals surface area contributed by atoms with Crippen molar-refractivity contribution >= 4 is 6.47 Å². The number of aliphatic hydroxyl groups excluding tert-OH is 1. The topological polar surface area (TPSA) is 46.5 Å². The minimum absolute atomic E-state index is 0. The Balaban J connectivity index is -0.000000107. The molecule has 0 aliphatic rings. The van der Waals surface area contributed by atoms with E-state index in [1.165, 1.54) is 0 Å². The van der Waals surface area contributed by atoms with Gasteiger partial charge in [0.2, 0.25) is 0 Å². The monoisotopic (exact) mass is 153 g/mol. The van der Waals surface area contributed by atoms with Gasteiger partial charge in [0.05, 0.1) is 6.61 Å². The van der Waals surface area contributed by atoms with Crippen molar-refractivity contribution in [2.45, 2.75) is 0 Å². The van der Waals surface area contributed by atoms with E-state index in [-0.39, 0.29) is 29.6 Å². The van der Waals surface area contributed by atoms with Gasteiger partial charge in [-0.05, 0) is 6.92 Å². The summed E-state index contributed by atoms with van der Waals surface area (Å²) in [7, 11) is 0. The van der Waals surface area contributed by atoms with Gasteiger partial charge >= 0.3 is 29.6 Å². The van der Waals surface area contributed by atoms with Gasteiger partial charge in [0.1, 0.15) is 0 Å². The molecule has 1 radical (unpaired) electrons. The molecule has 0 spiro atoms. The minimum Gasteiger partial charge on any atom is -0.665 e. The van der Waals surface area contributed by atoms with Crippen LogP contribution in [0.25, 0.3) is 0 Å². The summed E-state index contributed by atoms with van der Waals surface area (Å²) in [6.45, 7) is 8.55. The normalized spacial score (nSPS) is 6.10. The van der Waals surface area contributed by atoms with Gasteiger partial charge in [-0.15, -0.1) is 6.58 Å². The van der Waals surface area contributed by atoms with Crippen LogP contribution >= 0.6 is 0 Å². The SMILES string of the molecule is O=[C-]O.[CH2]COCC=C.[Na+]. The fourth-order valence-electron chi connectivity index (χ4n) is 0.167. The first-order chi connectivity index (χ1) is 4.33. The zero-order valence-electron chi connectivity index (χ0n) is 6.17. The molecule has 1 N–H and O–H groups in total. The first-order valence-corrected chi connectivity index (χ1v) is 2.32. The van der Waals surface area contributed by atoms with Gasteiger partial charge in [-0.2, -0.15) is 0 Å². The largest absolute Gasteiger partial charge is 1.00 e. The second kappa shape index (κ2) is 22.9. The van der Waals surface area contributed by atoms with Crippen LogP contribution in [0.5, 0.6) is 0 Å². The molecule has 0 aliphatic carbocycles. The summed E-state index contributed by atoms with van der Waals surface area (Å²) in [5.74, 6) is 0. The molecule has 53 valence electrons. The zero-order chi connectivity index (χ0) is 7.54. The van der Waals surface area contributed by atoms with Crippen molar-refractivity contribution in [3.8, 4) is 0 Å². The van der Waals surface area contributed by atoms with Gasteiger partial charge in [-0.3, -0.25) is 0 Å². The molecule has 0 bridgehead atoms. The van der Waals surface area contributed by atoms with Crippen molar-refractivity contribution in [2.75, 3.05) is 13.2 Å². The Hall–Kier alpha value is 0.170. The molecule has 0 amide bonds. The third-order valence-corrected chi connectivity index (χ3v) is 0.380. The fraction of sp³-hybridized carbons (Fsp3) is 0.333. The van der Waals surface area contributed by atoms with Crippen LogP contribution in [0.3, 0.4) is 0 Å². The zero-order valence-corrected chi connectivity index (χ0v) is 8.17. The molecule has 0 unspecified atom stereocenters. The molecule has 10 heavy (non-hydrogen) atoms. The van der Waals surface area contributed by atoms with Crippen molar-refractivity contribution in [1.82, 2.24) is 0 Å². The van der Waals surface area contributed by atoms with E-state index in [1.54, 1.807) is 6.08 Å². The second-order valence-electron chi connectivity index (χ2n) is 0.955. The molecule has 0 aromatic heterocycles. The molecular formula is C6H10NaO3. The van der Waals surface area contributed by atoms with E-state index in [0.29, 0.717) is 19.7 Å². The van der Waals surface area contributed by atoms with E-state index in [1.807, 2.05) is 0 Å². The Morgan fingerprint density at radius 1 is 1.70 bits per heavy atom. The number of ether oxygens (including phenoxy) is 1. The predicted molar refractivity (Wildman–Crippen MR) is 34.7 cm³/mol. The van der Waals surface area contributed by atoms with E-state index in [4.69, 9.17) is 14.6 Å². The molecule has 0 aliphatic heterocycles. The number of rotatable bonds is 3. The molecule has 3 nitrogen and oxygen atoms in total. The smallest absolute Gasteiger partial charge is 0.665 e. The van der Waals surface area contributed by atoms with Crippen LogP contribution in [0.1, 0.15) is 0 Å². The standard InChI is InChI=1S/C5H9O.CHO2.Na/c1-3-5-6-4-2;2-1-3;/h3H,1-2,4-5H2;(H,2,3);/q;-1;+1. The van der Waals surface area contributed by atoms with Gasteiger partial charge < -0.3 is 14.6 Å². The Labute approximate surface area is 83.4 Å². The molecule has 0 aromatic carbocycles. The summed E-state index contributed by atoms with van der Waals surface area (Å²) in [6.07, 6.45) is 1.70. The van der Waals surface area contributed by atoms with E-state index in [0.717, 1.165) is 0 Å². The van der Waals surface area contributed by atoms with Crippen LogP contribution in [0.4, 0.5) is 0 Å². The molecular weight excluding hydrogens is 143 g/mol. The Morgan fingerprint density at radius 3 is 2.20 bits per heavy atom. The van der Waals surface area contributed by atoms with Gasteiger partial charge in [0, 0.05) is 6.61 Å². The van der Waals surface area contributed by atoms with Crippen molar-refractivity contribution in [3.05, 3.63) is 19.6 Å². The van der Waals surface area contributed by atoms with E-state index < -0.39 is 0 Å². The maximum atomic E-state index is 8.24. The molecule has 0 saturated heterocycles. The van der Waals surface area contributed by atoms with Crippen LogP contribution in [0.15, 0.2) is 12.7 Å². The van der Waals surface area contributed by atoms with Crippen LogP contribution in [0.2, 0.25) is 0 Å². The number of hydrogen-bond donors (Lipinski definition) is 1. The van der Waals surface area contributed by atoms with E-state index >= 15 is 0 Å². The minimum atomic E-state index is 0. The summed E-state index contributed by atoms with van der Waals surface area (Å²) in [5.41, 5.74) is 0. The van der Waals surface area contributed by atoms with Crippen LogP contribution in [-0.2, 0) is 9.53 Å². The third kappa shape index (κ3) is 41.8. The van der Waals surface area contributed by atoms with Crippen molar-refractivity contribution in [1.29, 1.82) is 0 Å². The second-order valence-corrected chi connectivity index (χ2v) is 0.955. The molecule has 0 saturated carbocycles. The maximum Gasteiger partial charge on any atom is 1.00 e. The first-order valence-electron chi connectivity index (χ1n) is 2.32. The summed E-state index contributed by atoms with van der Waals surface area (Å²) >= 11 is 0. The van der Waals surface area contributed by atoms with Gasteiger partial charge in [0.15, 0.2) is 0 Å². The van der Waals surface area contributed by atoms with Gasteiger partial charge in [0.25, 0.3) is 0 Å². The van der Waals surface area contributed by atoms with Crippen molar-refractivity contribution in [3.63, 3.8) is 0 Å². The van der Waals surface area contributed by atoms with E-state index in [2.05, 4.69) is 13.5 Å². The van der Waals surface area contributed by atoms with E-state index in [9.17, 15) is 0 Å². The summed E-state index contributed by atoms with van der Waals surface area (Å²) in [6, 6.07) is 0. The average Bonchev–Trinajstić information content (AvgIpc) is 1.86. The predicted octanol–water partition coefficient (Wildman–Crippen LogP) is -2.36. The molecule has 0 aromatic rings. The van der Waals surface area contributed by atoms with Crippen molar-refractivity contribution < 1.29 is 44.2 Å². The molecule has 0 heterocycles. The molecule has 0 atom stereocenters. The van der Waals surface area contributed by atoms with Crippen LogP contribution < -0.4 is 29.6 Å². The Morgan fingerprint density at radius 2 is 2.10 bits per heavy atom. The summed E-state index contributed by atoms with van der Waals surface area (Å²) < 4.78 is 4.75. The summed E-state index contributed by atoms with van der Waals surface area (Å²) in [5, 5.41) is 6.76. The van der Waals surface area contributed by atoms with Crippen LogP contribution in [0, 0.1) is 6.92 Å². The molecule has 0 rings (SSSR count). The quantitative estimate of drug-likeness (QED) is 0.213. The average molecular weight is 153 g/mol. The van der Waals surface area contributed by atoms with Gasteiger partial charge in [-0.25, -0.2) is 0 Å². The number of hydrogen-bond acceptors (Lipinski definition) is 2. The fourth-order valence-corrected chi connectivity index (χ4v) is 0.167. The van der Waals surface area contributed by atoms with Crippen molar-refractivity contribution in [2.24, 2.45) is 0 Å².